The second kappa shape index (κ2) is 5.01. The number of rotatable bonds is 2. The summed E-state index contributed by atoms with van der Waals surface area (Å²) in [6.07, 6.45) is 1.13. The Hall–Kier alpha value is -0.690. The first kappa shape index (κ1) is 14.7. The van der Waals surface area contributed by atoms with Crippen molar-refractivity contribution < 1.29 is 17.9 Å². The summed E-state index contributed by atoms with van der Waals surface area (Å²) in [5.74, 6) is -0.588. The Bertz CT molecular complexity index is 589. The summed E-state index contributed by atoms with van der Waals surface area (Å²) in [5, 5.41) is 9.82. The van der Waals surface area contributed by atoms with Crippen molar-refractivity contribution >= 4 is 21.6 Å². The van der Waals surface area contributed by atoms with Gasteiger partial charge in [-0.15, -0.1) is 0 Å². The first-order valence-electron chi connectivity index (χ1n) is 5.90. The third-order valence-electron chi connectivity index (χ3n) is 3.15. The fourth-order valence-electron chi connectivity index (χ4n) is 2.20. The summed E-state index contributed by atoms with van der Waals surface area (Å²) in [5.41, 5.74) is -1.04. The van der Waals surface area contributed by atoms with Gasteiger partial charge in [0.25, 0.3) is 0 Å². The molecule has 1 heterocycles. The maximum Gasteiger partial charge on any atom is 0.244 e. The minimum Gasteiger partial charge on any atom is -0.389 e. The normalized spacial score (nSPS) is 25.5. The van der Waals surface area contributed by atoms with E-state index in [1.54, 1.807) is 6.92 Å². The Morgan fingerprint density at radius 3 is 2.74 bits per heavy atom. The molecule has 1 atom stereocenters. The molecule has 0 bridgehead atoms. The van der Waals surface area contributed by atoms with E-state index in [1.807, 2.05) is 0 Å². The van der Waals surface area contributed by atoms with Gasteiger partial charge < -0.3 is 5.11 Å². The highest BCUT2D eigenvalue weighted by Crippen LogP contribution is 2.29. The highest BCUT2D eigenvalue weighted by molar-refractivity contribution is 7.89. The quantitative estimate of drug-likeness (QED) is 0.909. The largest absolute Gasteiger partial charge is 0.389 e. The number of piperidine rings is 1. The molecule has 0 spiro atoms. The molecule has 1 fully saturated rings. The first-order chi connectivity index (χ1) is 8.72. The molecule has 1 unspecified atom stereocenters. The van der Waals surface area contributed by atoms with Gasteiger partial charge in [-0.2, -0.15) is 4.31 Å². The van der Waals surface area contributed by atoms with E-state index in [0.717, 1.165) is 18.2 Å². The topological polar surface area (TPSA) is 57.6 Å². The lowest BCUT2D eigenvalue weighted by atomic mass is 9.97. The number of halogens is 2. The molecule has 1 aromatic carbocycles. The number of nitrogens with zero attached hydrogens (tertiary/aromatic N) is 1. The molecule has 2 rings (SSSR count). The molecule has 0 radical (unpaired) electrons. The van der Waals surface area contributed by atoms with E-state index in [0.29, 0.717) is 19.4 Å². The van der Waals surface area contributed by atoms with Crippen LogP contribution in [0.15, 0.2) is 23.1 Å². The van der Waals surface area contributed by atoms with E-state index in [9.17, 15) is 17.9 Å². The van der Waals surface area contributed by atoms with Crippen LogP contribution in [0.4, 0.5) is 4.39 Å². The van der Waals surface area contributed by atoms with Gasteiger partial charge >= 0.3 is 0 Å². The van der Waals surface area contributed by atoms with Crippen LogP contribution >= 0.6 is 11.6 Å². The highest BCUT2D eigenvalue weighted by atomic mass is 35.5. The fourth-order valence-corrected chi connectivity index (χ4v) is 4.30. The molecule has 1 aliphatic heterocycles. The monoisotopic (exact) mass is 307 g/mol. The lowest BCUT2D eigenvalue weighted by Gasteiger charge is -2.36. The van der Waals surface area contributed by atoms with E-state index in [4.69, 9.17) is 11.6 Å². The maximum atomic E-state index is 13.0. The zero-order valence-corrected chi connectivity index (χ0v) is 12.0. The number of benzene rings is 1. The highest BCUT2D eigenvalue weighted by Gasteiger charge is 2.36. The standard InChI is InChI=1S/C12H15ClFNO3S/c1-12(16)5-2-6-15(8-12)19(17,18)11-4-3-9(14)7-10(11)13/h3-4,7,16H,2,5-6,8H2,1H3. The van der Waals surface area contributed by atoms with Crippen molar-refractivity contribution in [1.29, 1.82) is 0 Å². The molecule has 0 amide bonds. The van der Waals surface area contributed by atoms with Gasteiger partial charge in [0.2, 0.25) is 10.0 Å². The van der Waals surface area contributed by atoms with Crippen LogP contribution in [0.1, 0.15) is 19.8 Å². The molecule has 1 N–H and O–H groups in total. The molecular formula is C12H15ClFNO3S. The molecule has 1 saturated heterocycles. The van der Waals surface area contributed by atoms with Crippen molar-refractivity contribution in [3.8, 4) is 0 Å². The minimum absolute atomic E-state index is 0.0169. The Morgan fingerprint density at radius 2 is 2.16 bits per heavy atom. The Kier molecular flexibility index (Phi) is 3.88. The molecule has 0 saturated carbocycles. The minimum atomic E-state index is -3.81. The second-order valence-corrected chi connectivity index (χ2v) is 7.33. The van der Waals surface area contributed by atoms with Crippen LogP contribution in [-0.2, 0) is 10.0 Å². The molecule has 0 aromatic heterocycles. The van der Waals surface area contributed by atoms with Crippen molar-refractivity contribution in [2.24, 2.45) is 0 Å². The molecule has 0 aliphatic carbocycles. The van der Waals surface area contributed by atoms with Gasteiger partial charge in [0, 0.05) is 13.1 Å². The fraction of sp³-hybridized carbons (Fsp3) is 0.500. The van der Waals surface area contributed by atoms with Crippen LogP contribution in [0.25, 0.3) is 0 Å². The molecule has 106 valence electrons. The predicted octanol–water partition coefficient (Wildman–Crippen LogP) is 2.01. The summed E-state index contributed by atoms with van der Waals surface area (Å²) in [6.45, 7) is 1.94. The van der Waals surface area contributed by atoms with E-state index >= 15 is 0 Å². The van der Waals surface area contributed by atoms with Gasteiger partial charge in [-0.1, -0.05) is 11.6 Å². The summed E-state index contributed by atoms with van der Waals surface area (Å²) in [6, 6.07) is 3.17. The van der Waals surface area contributed by atoms with Crippen LogP contribution in [0.2, 0.25) is 5.02 Å². The molecule has 19 heavy (non-hydrogen) atoms. The molecule has 1 aliphatic rings. The lowest BCUT2D eigenvalue weighted by molar-refractivity contribution is 0.00940. The van der Waals surface area contributed by atoms with Gasteiger partial charge in [0.1, 0.15) is 10.7 Å². The Labute approximate surface area is 116 Å². The van der Waals surface area contributed by atoms with Crippen LogP contribution in [0.3, 0.4) is 0 Å². The second-order valence-electron chi connectivity index (χ2n) is 5.01. The van der Waals surface area contributed by atoms with Crippen molar-refractivity contribution in [1.82, 2.24) is 4.31 Å². The van der Waals surface area contributed by atoms with Crippen molar-refractivity contribution in [2.75, 3.05) is 13.1 Å². The molecular weight excluding hydrogens is 293 g/mol. The van der Waals surface area contributed by atoms with Gasteiger partial charge in [-0.25, -0.2) is 12.8 Å². The number of sulfonamides is 1. The zero-order chi connectivity index (χ0) is 14.3. The number of hydrogen-bond donors (Lipinski definition) is 1. The third kappa shape index (κ3) is 3.08. The summed E-state index contributed by atoms with van der Waals surface area (Å²) in [7, 11) is -3.81. The molecule has 1 aromatic rings. The first-order valence-corrected chi connectivity index (χ1v) is 7.72. The summed E-state index contributed by atoms with van der Waals surface area (Å²) >= 11 is 5.80. The third-order valence-corrected chi connectivity index (χ3v) is 5.48. The van der Waals surface area contributed by atoms with Crippen LogP contribution < -0.4 is 0 Å². The molecule has 4 nitrogen and oxygen atoms in total. The Balaban J connectivity index is 2.37. The van der Waals surface area contributed by atoms with Crippen molar-refractivity contribution in [2.45, 2.75) is 30.3 Å². The predicted molar refractivity (Wildman–Crippen MR) is 70.0 cm³/mol. The molecule has 7 heteroatoms. The maximum absolute atomic E-state index is 13.0. The van der Waals surface area contributed by atoms with Crippen LogP contribution in [-0.4, -0.2) is 36.5 Å². The zero-order valence-electron chi connectivity index (χ0n) is 10.4. The van der Waals surface area contributed by atoms with Gasteiger partial charge in [-0.05, 0) is 38.0 Å². The average molecular weight is 308 g/mol. The van der Waals surface area contributed by atoms with Gasteiger partial charge in [0.15, 0.2) is 0 Å². The van der Waals surface area contributed by atoms with E-state index in [-0.39, 0.29) is 16.5 Å². The van der Waals surface area contributed by atoms with Crippen molar-refractivity contribution in [3.63, 3.8) is 0 Å². The smallest absolute Gasteiger partial charge is 0.244 e. The van der Waals surface area contributed by atoms with Crippen LogP contribution in [0.5, 0.6) is 0 Å². The number of hydrogen-bond acceptors (Lipinski definition) is 3. The number of β-amino-alcohol motifs (C(OH)–C–C–N with tert-alkyl or cyclic N) is 1. The number of aliphatic hydroxyl groups is 1. The van der Waals surface area contributed by atoms with E-state index in [2.05, 4.69) is 0 Å². The summed E-state index contributed by atoms with van der Waals surface area (Å²) in [4.78, 5) is -0.131. The van der Waals surface area contributed by atoms with Gasteiger partial charge in [-0.3, -0.25) is 0 Å². The van der Waals surface area contributed by atoms with Crippen LogP contribution in [0, 0.1) is 5.82 Å². The Morgan fingerprint density at radius 1 is 1.47 bits per heavy atom. The average Bonchev–Trinajstić information content (AvgIpc) is 2.27. The van der Waals surface area contributed by atoms with Crippen molar-refractivity contribution in [3.05, 3.63) is 29.0 Å². The lowest BCUT2D eigenvalue weighted by Crippen LogP contribution is -2.48. The van der Waals surface area contributed by atoms with E-state index in [1.165, 1.54) is 4.31 Å². The van der Waals surface area contributed by atoms with E-state index < -0.39 is 21.4 Å². The SMILES string of the molecule is CC1(O)CCCN(S(=O)(=O)c2ccc(F)cc2Cl)C1. The van der Waals surface area contributed by atoms with Gasteiger partial charge in [0.05, 0.1) is 10.6 Å². The summed E-state index contributed by atoms with van der Waals surface area (Å²) < 4.78 is 39.0.